The van der Waals surface area contributed by atoms with E-state index in [1.165, 1.54) is 6.20 Å². The van der Waals surface area contributed by atoms with E-state index in [9.17, 15) is 9.59 Å². The van der Waals surface area contributed by atoms with Crippen LogP contribution in [0, 0.1) is 0 Å². The standard InChI is InChI=1S/C13H11NO5.Na.H/c1-2-14-5-8(13(16)17)12(15)7-3-10-11(4-9(7)14)19-6-18-10;;/h3-5H,2,6H2,1H3,(H,16,17);;. The molecule has 0 saturated heterocycles. The number of ether oxygens (including phenoxy) is 2. The number of aromatic carboxylic acids is 1. The van der Waals surface area contributed by atoms with Crippen LogP contribution in [0.2, 0.25) is 0 Å². The third-order valence-electron chi connectivity index (χ3n) is 3.15. The first kappa shape index (κ1) is 14.9. The Hall–Kier alpha value is -1.50. The first-order valence-electron chi connectivity index (χ1n) is 5.82. The Morgan fingerprint density at radius 3 is 2.60 bits per heavy atom. The number of pyridine rings is 1. The predicted molar refractivity (Wildman–Crippen MR) is 74.1 cm³/mol. The molecule has 2 heterocycles. The van der Waals surface area contributed by atoms with Gasteiger partial charge in [-0.1, -0.05) is 0 Å². The van der Waals surface area contributed by atoms with Crippen LogP contribution in [-0.4, -0.2) is 52.0 Å². The monoisotopic (exact) mass is 285 g/mol. The van der Waals surface area contributed by atoms with E-state index in [1.54, 1.807) is 16.7 Å². The van der Waals surface area contributed by atoms with Crippen LogP contribution >= 0.6 is 0 Å². The summed E-state index contributed by atoms with van der Waals surface area (Å²) < 4.78 is 12.2. The van der Waals surface area contributed by atoms with Gasteiger partial charge in [-0.15, -0.1) is 0 Å². The number of carboxylic acid groups (broad SMARTS) is 1. The number of carboxylic acids is 1. The molecule has 1 aromatic carbocycles. The number of benzene rings is 1. The molecular weight excluding hydrogens is 273 g/mol. The van der Waals surface area contributed by atoms with E-state index in [0.717, 1.165) is 0 Å². The topological polar surface area (TPSA) is 77.8 Å². The molecule has 2 aromatic rings. The molecule has 3 rings (SSSR count). The van der Waals surface area contributed by atoms with Crippen LogP contribution in [0.3, 0.4) is 0 Å². The Morgan fingerprint density at radius 1 is 1.35 bits per heavy atom. The number of nitrogens with zero attached hydrogens (tertiary/aromatic N) is 1. The molecule has 7 heteroatoms. The van der Waals surface area contributed by atoms with Crippen molar-refractivity contribution >= 4 is 46.4 Å². The van der Waals surface area contributed by atoms with Crippen molar-refractivity contribution in [2.24, 2.45) is 0 Å². The Kier molecular flexibility index (Phi) is 4.08. The normalized spacial score (nSPS) is 12.2. The predicted octanol–water partition coefficient (Wildman–Crippen LogP) is 0.800. The van der Waals surface area contributed by atoms with Crippen LogP contribution in [0.4, 0.5) is 0 Å². The molecule has 0 fully saturated rings. The number of hydrogen-bond donors (Lipinski definition) is 1. The second kappa shape index (κ2) is 5.47. The first-order valence-corrected chi connectivity index (χ1v) is 5.82. The number of rotatable bonds is 2. The molecule has 20 heavy (non-hydrogen) atoms. The first-order chi connectivity index (χ1) is 9.11. The van der Waals surface area contributed by atoms with Crippen LogP contribution in [0.25, 0.3) is 10.9 Å². The third kappa shape index (κ3) is 2.19. The van der Waals surface area contributed by atoms with Crippen LogP contribution in [0.1, 0.15) is 17.3 Å². The molecule has 1 N–H and O–H groups in total. The van der Waals surface area contributed by atoms with Crippen molar-refractivity contribution in [2.45, 2.75) is 13.5 Å². The van der Waals surface area contributed by atoms with Gasteiger partial charge in [0.15, 0.2) is 11.5 Å². The molecule has 0 radical (unpaired) electrons. The Bertz CT molecular complexity index is 752. The molecule has 1 aliphatic rings. The summed E-state index contributed by atoms with van der Waals surface area (Å²) in [6.07, 6.45) is 1.36. The van der Waals surface area contributed by atoms with Crippen LogP contribution in [-0.2, 0) is 6.54 Å². The number of hydrogen-bond acceptors (Lipinski definition) is 4. The summed E-state index contributed by atoms with van der Waals surface area (Å²) in [5, 5.41) is 9.39. The average Bonchev–Trinajstić information content (AvgIpc) is 2.84. The van der Waals surface area contributed by atoms with Crippen molar-refractivity contribution < 1.29 is 19.4 Å². The van der Waals surface area contributed by atoms with Gasteiger partial charge in [0.1, 0.15) is 5.56 Å². The van der Waals surface area contributed by atoms with Gasteiger partial charge in [0.2, 0.25) is 12.2 Å². The molecule has 0 saturated carbocycles. The van der Waals surface area contributed by atoms with E-state index in [1.807, 2.05) is 6.92 Å². The second-order valence-electron chi connectivity index (χ2n) is 4.19. The third-order valence-corrected chi connectivity index (χ3v) is 3.15. The molecule has 0 amide bonds. The number of carbonyl (C=O) groups is 1. The summed E-state index contributed by atoms with van der Waals surface area (Å²) in [7, 11) is 0. The number of aromatic nitrogens is 1. The number of aryl methyl sites for hydroxylation is 1. The van der Waals surface area contributed by atoms with Crippen molar-refractivity contribution in [2.75, 3.05) is 6.79 Å². The molecule has 0 spiro atoms. The summed E-state index contributed by atoms with van der Waals surface area (Å²) >= 11 is 0. The molecular formula is C13H12NNaO5. The fourth-order valence-corrected chi connectivity index (χ4v) is 2.19. The maximum atomic E-state index is 12.1. The molecule has 1 aliphatic heterocycles. The maximum absolute atomic E-state index is 12.1. The van der Waals surface area contributed by atoms with Crippen LogP contribution in [0.5, 0.6) is 11.5 Å². The van der Waals surface area contributed by atoms with E-state index in [2.05, 4.69) is 0 Å². The molecule has 0 unspecified atom stereocenters. The van der Waals surface area contributed by atoms with Crippen LogP contribution in [0.15, 0.2) is 23.1 Å². The summed E-state index contributed by atoms with van der Waals surface area (Å²) in [6.45, 7) is 2.54. The fraction of sp³-hybridized carbons (Fsp3) is 0.231. The zero-order valence-electron chi connectivity index (χ0n) is 10.2. The van der Waals surface area contributed by atoms with E-state index in [4.69, 9.17) is 14.6 Å². The van der Waals surface area contributed by atoms with Gasteiger partial charge in [0, 0.05) is 18.8 Å². The molecule has 1 aromatic heterocycles. The van der Waals surface area contributed by atoms with Gasteiger partial charge in [0.25, 0.3) is 0 Å². The van der Waals surface area contributed by atoms with E-state index < -0.39 is 11.4 Å². The fourth-order valence-electron chi connectivity index (χ4n) is 2.19. The quantitative estimate of drug-likeness (QED) is 0.826. The molecule has 6 nitrogen and oxygen atoms in total. The van der Waals surface area contributed by atoms with Gasteiger partial charge >= 0.3 is 35.5 Å². The van der Waals surface area contributed by atoms with Gasteiger partial charge in [-0.05, 0) is 13.0 Å². The van der Waals surface area contributed by atoms with Crippen molar-refractivity contribution in [3.05, 3.63) is 34.1 Å². The SMILES string of the molecule is CCn1cc(C(=O)O)c(=O)c2cc3c(cc21)OCO3.[NaH]. The molecule has 100 valence electrons. The van der Waals surface area contributed by atoms with Crippen LogP contribution < -0.4 is 14.9 Å². The number of fused-ring (bicyclic) bond motifs is 2. The zero-order chi connectivity index (χ0) is 13.6. The minimum atomic E-state index is -1.23. The van der Waals surface area contributed by atoms with Gasteiger partial charge in [0.05, 0.1) is 10.9 Å². The van der Waals surface area contributed by atoms with Gasteiger partial charge < -0.3 is 19.1 Å². The molecule has 0 aliphatic carbocycles. The Labute approximate surface area is 136 Å². The van der Waals surface area contributed by atoms with E-state index >= 15 is 0 Å². The van der Waals surface area contributed by atoms with Crippen molar-refractivity contribution in [1.82, 2.24) is 4.57 Å². The Balaban J connectivity index is 0.00000147. The van der Waals surface area contributed by atoms with Crippen molar-refractivity contribution in [3.63, 3.8) is 0 Å². The van der Waals surface area contributed by atoms with Gasteiger partial charge in [-0.25, -0.2) is 4.79 Å². The molecule has 0 atom stereocenters. The van der Waals surface area contributed by atoms with Gasteiger partial charge in [-0.2, -0.15) is 0 Å². The summed E-state index contributed by atoms with van der Waals surface area (Å²) in [6, 6.07) is 3.24. The van der Waals surface area contributed by atoms with E-state index in [0.29, 0.717) is 28.9 Å². The van der Waals surface area contributed by atoms with E-state index in [-0.39, 0.29) is 41.9 Å². The summed E-state index contributed by atoms with van der Waals surface area (Å²) in [5.41, 5.74) is -0.111. The summed E-state index contributed by atoms with van der Waals surface area (Å²) in [5.74, 6) is -0.196. The molecule has 0 bridgehead atoms. The summed E-state index contributed by atoms with van der Waals surface area (Å²) in [4.78, 5) is 23.2. The minimum absolute atomic E-state index is 0. The van der Waals surface area contributed by atoms with Crippen molar-refractivity contribution in [1.29, 1.82) is 0 Å². The Morgan fingerprint density at radius 2 is 2.00 bits per heavy atom. The zero-order valence-corrected chi connectivity index (χ0v) is 10.2. The van der Waals surface area contributed by atoms with Crippen molar-refractivity contribution in [3.8, 4) is 11.5 Å². The second-order valence-corrected chi connectivity index (χ2v) is 4.19. The average molecular weight is 285 g/mol. The van der Waals surface area contributed by atoms with Gasteiger partial charge in [-0.3, -0.25) is 4.79 Å².